The van der Waals surface area contributed by atoms with E-state index in [1.165, 1.54) is 18.2 Å². The lowest BCUT2D eigenvalue weighted by molar-refractivity contribution is -0.384. The first-order valence-corrected chi connectivity index (χ1v) is 6.25. The third kappa shape index (κ3) is 3.90. The third-order valence-corrected chi connectivity index (χ3v) is 3.27. The van der Waals surface area contributed by atoms with Crippen molar-refractivity contribution in [1.82, 2.24) is 0 Å². The second kappa shape index (κ2) is 6.49. The first-order valence-electron chi connectivity index (χ1n) is 5.87. The van der Waals surface area contributed by atoms with Crippen molar-refractivity contribution < 1.29 is 9.72 Å². The SMILES string of the molecule is CC[C@H](C)[C@H](N)C(=O)Nc1ccc([N+](=O)[O-])c(Cl)c1. The van der Waals surface area contributed by atoms with Gasteiger partial charge in [-0.2, -0.15) is 0 Å². The third-order valence-electron chi connectivity index (χ3n) is 2.97. The summed E-state index contributed by atoms with van der Waals surface area (Å²) in [5.74, 6) is -0.284. The number of nitrogens with two attached hydrogens (primary N) is 1. The van der Waals surface area contributed by atoms with Crippen LogP contribution < -0.4 is 11.1 Å². The van der Waals surface area contributed by atoms with Crippen LogP contribution in [0, 0.1) is 16.0 Å². The van der Waals surface area contributed by atoms with Crippen molar-refractivity contribution >= 4 is 28.9 Å². The summed E-state index contributed by atoms with van der Waals surface area (Å²) in [4.78, 5) is 21.9. The monoisotopic (exact) mass is 285 g/mol. The maximum absolute atomic E-state index is 11.8. The van der Waals surface area contributed by atoms with Crippen LogP contribution >= 0.6 is 11.6 Å². The van der Waals surface area contributed by atoms with Crippen molar-refractivity contribution in [3.8, 4) is 0 Å². The number of carbonyl (C=O) groups excluding carboxylic acids is 1. The van der Waals surface area contributed by atoms with Crippen LogP contribution in [0.2, 0.25) is 5.02 Å². The summed E-state index contributed by atoms with van der Waals surface area (Å²) in [7, 11) is 0. The quantitative estimate of drug-likeness (QED) is 0.641. The molecule has 7 heteroatoms. The summed E-state index contributed by atoms with van der Waals surface area (Å²) in [6.45, 7) is 3.83. The molecule has 3 N–H and O–H groups in total. The predicted octanol–water partition coefficient (Wildman–Crippen LogP) is 2.56. The standard InChI is InChI=1S/C12H16ClN3O3/c1-3-7(2)11(14)12(17)15-8-4-5-10(16(18)19)9(13)6-8/h4-7,11H,3,14H2,1-2H3,(H,15,17)/t7-,11-/m0/s1. The van der Waals surface area contributed by atoms with Crippen molar-refractivity contribution in [2.45, 2.75) is 26.3 Å². The van der Waals surface area contributed by atoms with Crippen LogP contribution in [0.4, 0.5) is 11.4 Å². The topological polar surface area (TPSA) is 98.3 Å². The average Bonchev–Trinajstić information content (AvgIpc) is 2.36. The lowest BCUT2D eigenvalue weighted by Crippen LogP contribution is -2.40. The van der Waals surface area contributed by atoms with E-state index in [9.17, 15) is 14.9 Å². The highest BCUT2D eigenvalue weighted by molar-refractivity contribution is 6.33. The largest absolute Gasteiger partial charge is 0.325 e. The minimum absolute atomic E-state index is 0.0279. The summed E-state index contributed by atoms with van der Waals surface area (Å²) in [5.41, 5.74) is 5.97. The van der Waals surface area contributed by atoms with Gasteiger partial charge in [0, 0.05) is 11.8 Å². The molecule has 0 aliphatic heterocycles. The van der Waals surface area contributed by atoms with Crippen molar-refractivity contribution in [2.75, 3.05) is 5.32 Å². The van der Waals surface area contributed by atoms with E-state index in [0.717, 1.165) is 6.42 Å². The molecule has 0 aliphatic carbocycles. The summed E-state index contributed by atoms with van der Waals surface area (Å²) in [5, 5.41) is 13.2. The van der Waals surface area contributed by atoms with Crippen molar-refractivity contribution in [3.05, 3.63) is 33.3 Å². The molecule has 6 nitrogen and oxygen atoms in total. The number of hydrogen-bond donors (Lipinski definition) is 2. The van der Waals surface area contributed by atoms with Gasteiger partial charge >= 0.3 is 0 Å². The maximum Gasteiger partial charge on any atom is 0.288 e. The number of halogens is 1. The molecule has 0 saturated carbocycles. The fraction of sp³-hybridized carbons (Fsp3) is 0.417. The molecule has 0 fully saturated rings. The van der Waals surface area contributed by atoms with E-state index in [1.54, 1.807) is 0 Å². The molecule has 1 aromatic rings. The first-order chi connectivity index (χ1) is 8.86. The molecule has 104 valence electrons. The molecular weight excluding hydrogens is 270 g/mol. The number of amides is 1. The van der Waals surface area contributed by atoms with E-state index in [4.69, 9.17) is 17.3 Å². The lowest BCUT2D eigenvalue weighted by atomic mass is 9.99. The Balaban J connectivity index is 2.81. The van der Waals surface area contributed by atoms with E-state index >= 15 is 0 Å². The zero-order chi connectivity index (χ0) is 14.6. The van der Waals surface area contributed by atoms with E-state index in [0.29, 0.717) is 5.69 Å². The summed E-state index contributed by atoms with van der Waals surface area (Å²) in [6.07, 6.45) is 0.787. The zero-order valence-corrected chi connectivity index (χ0v) is 11.5. The molecule has 0 spiro atoms. The molecule has 2 atom stereocenters. The second-order valence-corrected chi connectivity index (χ2v) is 4.73. The van der Waals surface area contributed by atoms with Crippen LogP contribution in [0.25, 0.3) is 0 Å². The molecular formula is C12H16ClN3O3. The van der Waals surface area contributed by atoms with Gasteiger partial charge in [0.05, 0.1) is 11.0 Å². The number of nitro groups is 1. The number of nitrogens with one attached hydrogen (secondary N) is 1. The number of nitro benzene ring substituents is 1. The van der Waals surface area contributed by atoms with E-state index < -0.39 is 11.0 Å². The maximum atomic E-state index is 11.8. The van der Waals surface area contributed by atoms with Crippen molar-refractivity contribution in [3.63, 3.8) is 0 Å². The molecule has 0 radical (unpaired) electrons. The van der Waals surface area contributed by atoms with Gasteiger partial charge in [0.2, 0.25) is 5.91 Å². The molecule has 1 amide bonds. The first kappa shape index (κ1) is 15.4. The van der Waals surface area contributed by atoms with Crippen LogP contribution in [0.1, 0.15) is 20.3 Å². The highest BCUT2D eigenvalue weighted by Gasteiger charge is 2.20. The fourth-order valence-electron chi connectivity index (χ4n) is 1.47. The van der Waals surface area contributed by atoms with Crippen LogP contribution in [0.3, 0.4) is 0 Å². The smallest absolute Gasteiger partial charge is 0.288 e. The van der Waals surface area contributed by atoms with Crippen LogP contribution in [-0.2, 0) is 4.79 Å². The highest BCUT2D eigenvalue weighted by atomic mass is 35.5. The van der Waals surface area contributed by atoms with Gasteiger partial charge in [-0.25, -0.2) is 0 Å². The Morgan fingerprint density at radius 1 is 1.58 bits per heavy atom. The second-order valence-electron chi connectivity index (χ2n) is 4.32. The Bertz CT molecular complexity index is 493. The number of carbonyl (C=O) groups is 1. The molecule has 0 heterocycles. The highest BCUT2D eigenvalue weighted by Crippen LogP contribution is 2.27. The van der Waals surface area contributed by atoms with Gasteiger partial charge in [-0.1, -0.05) is 31.9 Å². The van der Waals surface area contributed by atoms with Gasteiger partial charge in [-0.15, -0.1) is 0 Å². The normalized spacial score (nSPS) is 13.7. The predicted molar refractivity (Wildman–Crippen MR) is 74.2 cm³/mol. The Morgan fingerprint density at radius 2 is 2.21 bits per heavy atom. The van der Waals surface area contributed by atoms with Crippen molar-refractivity contribution in [1.29, 1.82) is 0 Å². The van der Waals surface area contributed by atoms with E-state index in [2.05, 4.69) is 5.32 Å². The zero-order valence-electron chi connectivity index (χ0n) is 10.7. The average molecular weight is 286 g/mol. The van der Waals surface area contributed by atoms with Gasteiger partial charge in [-0.3, -0.25) is 14.9 Å². The Hall–Kier alpha value is -1.66. The minimum atomic E-state index is -0.626. The van der Waals surface area contributed by atoms with Gasteiger partial charge < -0.3 is 11.1 Å². The number of benzene rings is 1. The Labute approximate surface area is 116 Å². The van der Waals surface area contributed by atoms with E-state index in [1.807, 2.05) is 13.8 Å². The van der Waals surface area contributed by atoms with Crippen LogP contribution in [0.15, 0.2) is 18.2 Å². The van der Waals surface area contributed by atoms with Crippen molar-refractivity contribution in [2.24, 2.45) is 11.7 Å². The molecule has 0 unspecified atom stereocenters. The molecule has 1 aromatic carbocycles. The molecule has 19 heavy (non-hydrogen) atoms. The van der Waals surface area contributed by atoms with Crippen LogP contribution in [0.5, 0.6) is 0 Å². The van der Waals surface area contributed by atoms with Gasteiger partial charge in [-0.05, 0) is 18.1 Å². The molecule has 0 saturated heterocycles. The molecule has 1 rings (SSSR count). The van der Waals surface area contributed by atoms with E-state index in [-0.39, 0.29) is 22.5 Å². The summed E-state index contributed by atoms with van der Waals surface area (Å²) >= 11 is 5.75. The molecule has 0 aromatic heterocycles. The fourth-order valence-corrected chi connectivity index (χ4v) is 1.72. The lowest BCUT2D eigenvalue weighted by Gasteiger charge is -2.17. The molecule has 0 aliphatic rings. The number of anilines is 1. The summed E-state index contributed by atoms with van der Waals surface area (Å²) in [6, 6.07) is 3.37. The number of rotatable bonds is 5. The summed E-state index contributed by atoms with van der Waals surface area (Å²) < 4.78 is 0. The Kier molecular flexibility index (Phi) is 5.26. The van der Waals surface area contributed by atoms with Crippen LogP contribution in [-0.4, -0.2) is 16.9 Å². The minimum Gasteiger partial charge on any atom is -0.325 e. The van der Waals surface area contributed by atoms with Gasteiger partial charge in [0.1, 0.15) is 5.02 Å². The number of nitrogens with zero attached hydrogens (tertiary/aromatic N) is 1. The Morgan fingerprint density at radius 3 is 2.68 bits per heavy atom. The van der Waals surface area contributed by atoms with Gasteiger partial charge in [0.15, 0.2) is 0 Å². The molecule has 0 bridgehead atoms. The number of hydrogen-bond acceptors (Lipinski definition) is 4. The van der Waals surface area contributed by atoms with Gasteiger partial charge in [0.25, 0.3) is 5.69 Å².